The molecule has 1 aromatic rings. The summed E-state index contributed by atoms with van der Waals surface area (Å²) in [6.07, 6.45) is 5.67. The number of pyridine rings is 1. The van der Waals surface area contributed by atoms with Crippen LogP contribution in [0.4, 0.5) is 0 Å². The van der Waals surface area contributed by atoms with Crippen LogP contribution in [0.15, 0.2) is 18.5 Å². The summed E-state index contributed by atoms with van der Waals surface area (Å²) in [5.74, 6) is -0.138. The maximum absolute atomic E-state index is 12.0. The van der Waals surface area contributed by atoms with Crippen LogP contribution >= 0.6 is 11.6 Å². The summed E-state index contributed by atoms with van der Waals surface area (Å²) in [5, 5.41) is 3.29. The highest BCUT2D eigenvalue weighted by atomic mass is 35.5. The van der Waals surface area contributed by atoms with Gasteiger partial charge in [-0.3, -0.25) is 14.7 Å². The van der Waals surface area contributed by atoms with Gasteiger partial charge >= 0.3 is 0 Å². The third kappa shape index (κ3) is 5.23. The van der Waals surface area contributed by atoms with E-state index in [0.29, 0.717) is 29.3 Å². The second-order valence-electron chi connectivity index (χ2n) is 5.84. The van der Waals surface area contributed by atoms with Crippen LogP contribution in [-0.2, 0) is 4.74 Å². The lowest BCUT2D eigenvalue weighted by Gasteiger charge is -2.35. The number of unbranched alkanes of at least 4 members (excludes halogenated alkanes) is 1. The lowest BCUT2D eigenvalue weighted by Crippen LogP contribution is -2.45. The maximum atomic E-state index is 12.0. The Kier molecular flexibility index (Phi) is 6.61. The standard InChI is InChI=1S/C16H24ClN3O2/c1-12-10-20(11-13(2)22-12)8-4-3-6-19-16(21)14-5-7-18-9-15(14)17/h5,7,9,12-13H,3-4,6,8,10-11H2,1-2H3,(H,19,21). The predicted molar refractivity (Wildman–Crippen MR) is 87.3 cm³/mol. The zero-order chi connectivity index (χ0) is 15.9. The number of carbonyl (C=O) groups excluding carboxylic acids is 1. The van der Waals surface area contributed by atoms with Gasteiger partial charge in [-0.25, -0.2) is 0 Å². The monoisotopic (exact) mass is 325 g/mol. The van der Waals surface area contributed by atoms with Gasteiger partial charge in [-0.15, -0.1) is 0 Å². The van der Waals surface area contributed by atoms with Crippen molar-refractivity contribution in [2.45, 2.75) is 38.9 Å². The number of morpholine rings is 1. The fraction of sp³-hybridized carbons (Fsp3) is 0.625. The van der Waals surface area contributed by atoms with Crippen LogP contribution in [0.1, 0.15) is 37.0 Å². The van der Waals surface area contributed by atoms with Gasteiger partial charge in [-0.05, 0) is 39.3 Å². The summed E-state index contributed by atoms with van der Waals surface area (Å²) in [4.78, 5) is 18.3. The number of aromatic nitrogens is 1. The Balaban J connectivity index is 1.63. The minimum absolute atomic E-state index is 0.138. The van der Waals surface area contributed by atoms with Gasteiger partial charge in [0.25, 0.3) is 5.91 Å². The normalized spacial score (nSPS) is 22.5. The van der Waals surface area contributed by atoms with Crippen molar-refractivity contribution in [3.8, 4) is 0 Å². The second kappa shape index (κ2) is 8.46. The van der Waals surface area contributed by atoms with E-state index < -0.39 is 0 Å². The van der Waals surface area contributed by atoms with Crippen LogP contribution in [0.2, 0.25) is 5.02 Å². The zero-order valence-electron chi connectivity index (χ0n) is 13.2. The van der Waals surface area contributed by atoms with Crippen molar-refractivity contribution in [3.05, 3.63) is 29.0 Å². The summed E-state index contributed by atoms with van der Waals surface area (Å²) in [6.45, 7) is 7.91. The lowest BCUT2D eigenvalue weighted by molar-refractivity contribution is -0.0681. The molecule has 5 nitrogen and oxygen atoms in total. The predicted octanol–water partition coefficient (Wildman–Crippen LogP) is 2.35. The molecular weight excluding hydrogens is 302 g/mol. The molecule has 0 saturated carbocycles. The Hall–Kier alpha value is -1.17. The van der Waals surface area contributed by atoms with E-state index >= 15 is 0 Å². The van der Waals surface area contributed by atoms with Gasteiger partial charge in [0, 0.05) is 32.0 Å². The molecule has 6 heteroatoms. The summed E-state index contributed by atoms with van der Waals surface area (Å²) >= 11 is 5.95. The van der Waals surface area contributed by atoms with Crippen LogP contribution in [0.3, 0.4) is 0 Å². The van der Waals surface area contributed by atoms with Gasteiger partial charge in [0.05, 0.1) is 22.8 Å². The number of halogens is 1. The number of nitrogens with zero attached hydrogens (tertiary/aromatic N) is 2. The molecule has 0 aromatic carbocycles. The molecule has 1 saturated heterocycles. The molecule has 1 N–H and O–H groups in total. The molecular formula is C16H24ClN3O2. The first-order chi connectivity index (χ1) is 10.6. The Morgan fingerprint density at radius 1 is 1.41 bits per heavy atom. The maximum Gasteiger partial charge on any atom is 0.252 e. The third-order valence-corrected chi connectivity index (χ3v) is 4.00. The molecule has 122 valence electrons. The molecule has 2 rings (SSSR count). The van der Waals surface area contributed by atoms with Gasteiger partial charge in [0.15, 0.2) is 0 Å². The first-order valence-electron chi connectivity index (χ1n) is 7.82. The highest BCUT2D eigenvalue weighted by Crippen LogP contribution is 2.13. The number of hydrogen-bond acceptors (Lipinski definition) is 4. The minimum atomic E-state index is -0.138. The fourth-order valence-electron chi connectivity index (χ4n) is 2.78. The van der Waals surface area contributed by atoms with E-state index in [2.05, 4.69) is 29.0 Å². The number of ether oxygens (including phenoxy) is 1. The van der Waals surface area contributed by atoms with E-state index in [1.165, 1.54) is 6.20 Å². The molecule has 0 aliphatic carbocycles. The molecule has 2 atom stereocenters. The van der Waals surface area contributed by atoms with E-state index in [-0.39, 0.29) is 5.91 Å². The number of rotatable bonds is 6. The topological polar surface area (TPSA) is 54.5 Å². The van der Waals surface area contributed by atoms with Crippen molar-refractivity contribution >= 4 is 17.5 Å². The second-order valence-corrected chi connectivity index (χ2v) is 6.24. The number of nitrogens with one attached hydrogen (secondary N) is 1. The molecule has 1 aromatic heterocycles. The number of amides is 1. The molecule has 1 amide bonds. The Morgan fingerprint density at radius 2 is 2.14 bits per heavy atom. The Bertz CT molecular complexity index is 488. The van der Waals surface area contributed by atoms with Gasteiger partial charge in [-0.2, -0.15) is 0 Å². The summed E-state index contributed by atoms with van der Waals surface area (Å²) in [7, 11) is 0. The van der Waals surface area contributed by atoms with E-state index in [1.807, 2.05) is 0 Å². The average Bonchev–Trinajstić information content (AvgIpc) is 2.46. The molecule has 2 unspecified atom stereocenters. The van der Waals surface area contributed by atoms with Crippen molar-refractivity contribution < 1.29 is 9.53 Å². The summed E-state index contributed by atoms with van der Waals surface area (Å²) < 4.78 is 5.72. The largest absolute Gasteiger partial charge is 0.373 e. The first-order valence-corrected chi connectivity index (χ1v) is 8.19. The van der Waals surface area contributed by atoms with E-state index in [4.69, 9.17) is 16.3 Å². The zero-order valence-corrected chi connectivity index (χ0v) is 14.0. The van der Waals surface area contributed by atoms with Crippen molar-refractivity contribution in [2.75, 3.05) is 26.2 Å². The SMILES string of the molecule is CC1CN(CCCCNC(=O)c2ccncc2Cl)CC(C)O1. The summed E-state index contributed by atoms with van der Waals surface area (Å²) in [5.41, 5.74) is 0.479. The van der Waals surface area contributed by atoms with Gasteiger partial charge in [0.1, 0.15) is 0 Å². The number of hydrogen-bond donors (Lipinski definition) is 1. The minimum Gasteiger partial charge on any atom is -0.373 e. The molecule has 2 heterocycles. The quantitative estimate of drug-likeness (QED) is 0.816. The number of carbonyl (C=O) groups is 1. The highest BCUT2D eigenvalue weighted by molar-refractivity contribution is 6.33. The highest BCUT2D eigenvalue weighted by Gasteiger charge is 2.21. The molecule has 0 radical (unpaired) electrons. The Labute approximate surface area is 137 Å². The van der Waals surface area contributed by atoms with Gasteiger partial charge in [0.2, 0.25) is 0 Å². The van der Waals surface area contributed by atoms with Crippen molar-refractivity contribution in [3.63, 3.8) is 0 Å². The van der Waals surface area contributed by atoms with E-state index in [9.17, 15) is 4.79 Å². The average molecular weight is 326 g/mol. The van der Waals surface area contributed by atoms with Crippen LogP contribution in [0, 0.1) is 0 Å². The molecule has 1 aliphatic rings. The van der Waals surface area contributed by atoms with E-state index in [1.54, 1.807) is 12.3 Å². The molecule has 0 bridgehead atoms. The first kappa shape index (κ1) is 17.2. The van der Waals surface area contributed by atoms with E-state index in [0.717, 1.165) is 32.5 Å². The smallest absolute Gasteiger partial charge is 0.252 e. The van der Waals surface area contributed by atoms with Crippen LogP contribution < -0.4 is 5.32 Å². The van der Waals surface area contributed by atoms with Gasteiger partial charge < -0.3 is 10.1 Å². The molecule has 0 spiro atoms. The van der Waals surface area contributed by atoms with Crippen molar-refractivity contribution in [2.24, 2.45) is 0 Å². The Morgan fingerprint density at radius 3 is 2.82 bits per heavy atom. The molecule has 1 fully saturated rings. The molecule has 22 heavy (non-hydrogen) atoms. The van der Waals surface area contributed by atoms with Crippen LogP contribution in [0.25, 0.3) is 0 Å². The summed E-state index contributed by atoms with van der Waals surface area (Å²) in [6, 6.07) is 1.63. The fourth-order valence-corrected chi connectivity index (χ4v) is 2.99. The molecule has 1 aliphatic heterocycles. The van der Waals surface area contributed by atoms with Crippen molar-refractivity contribution in [1.82, 2.24) is 15.2 Å². The lowest BCUT2D eigenvalue weighted by atomic mass is 10.2. The third-order valence-electron chi connectivity index (χ3n) is 3.70. The van der Waals surface area contributed by atoms with Crippen LogP contribution in [-0.4, -0.2) is 54.2 Å². The van der Waals surface area contributed by atoms with Gasteiger partial charge in [-0.1, -0.05) is 11.6 Å². The van der Waals surface area contributed by atoms with Crippen LogP contribution in [0.5, 0.6) is 0 Å². The van der Waals surface area contributed by atoms with Crippen molar-refractivity contribution in [1.29, 1.82) is 0 Å².